The van der Waals surface area contributed by atoms with E-state index in [1.54, 1.807) is 42.5 Å². The molecule has 4 aromatic rings. The van der Waals surface area contributed by atoms with Gasteiger partial charge >= 0.3 is 5.63 Å². The van der Waals surface area contributed by atoms with Crippen LogP contribution in [0.1, 0.15) is 5.56 Å². The van der Waals surface area contributed by atoms with Crippen LogP contribution in [0.4, 0.5) is 17.1 Å². The molecule has 0 spiro atoms. The normalized spacial score (nSPS) is 10.6. The maximum atomic E-state index is 11.6. The topological polar surface area (TPSA) is 107 Å². The Kier molecular flexibility index (Phi) is 6.25. The van der Waals surface area contributed by atoms with E-state index in [1.807, 2.05) is 13.0 Å². The third-order valence-corrected chi connectivity index (χ3v) is 5.07. The van der Waals surface area contributed by atoms with Crippen LogP contribution in [0.5, 0.6) is 11.5 Å². The van der Waals surface area contributed by atoms with Gasteiger partial charge in [0, 0.05) is 40.4 Å². The van der Waals surface area contributed by atoms with Crippen molar-refractivity contribution in [2.24, 2.45) is 0 Å². The van der Waals surface area contributed by atoms with Gasteiger partial charge in [-0.05, 0) is 61.1 Å². The van der Waals surface area contributed by atoms with Crippen LogP contribution in [0.2, 0.25) is 5.02 Å². The number of rotatable bonds is 5. The van der Waals surface area contributed by atoms with Gasteiger partial charge in [-0.3, -0.25) is 10.1 Å². The van der Waals surface area contributed by atoms with Gasteiger partial charge in [0.15, 0.2) is 5.11 Å². The van der Waals surface area contributed by atoms with E-state index in [9.17, 15) is 14.9 Å². The highest BCUT2D eigenvalue weighted by Crippen LogP contribution is 2.30. The Morgan fingerprint density at radius 1 is 1.00 bits per heavy atom. The summed E-state index contributed by atoms with van der Waals surface area (Å²) in [4.78, 5) is 22.5. The predicted molar refractivity (Wildman–Crippen MR) is 132 cm³/mol. The van der Waals surface area contributed by atoms with E-state index in [0.29, 0.717) is 27.7 Å². The number of nitrogens with one attached hydrogen (secondary N) is 2. The highest BCUT2D eigenvalue weighted by molar-refractivity contribution is 7.80. The lowest BCUT2D eigenvalue weighted by atomic mass is 10.1. The summed E-state index contributed by atoms with van der Waals surface area (Å²) in [6, 6.07) is 17.5. The zero-order chi connectivity index (χ0) is 23.5. The van der Waals surface area contributed by atoms with Gasteiger partial charge in [0.25, 0.3) is 5.69 Å². The van der Waals surface area contributed by atoms with Crippen molar-refractivity contribution in [2.45, 2.75) is 6.92 Å². The van der Waals surface area contributed by atoms with Gasteiger partial charge in [-0.1, -0.05) is 11.6 Å². The number of ether oxygens (including phenoxy) is 1. The van der Waals surface area contributed by atoms with Crippen LogP contribution < -0.4 is 21.0 Å². The van der Waals surface area contributed by atoms with E-state index in [-0.39, 0.29) is 16.5 Å². The molecule has 0 atom stereocenters. The molecule has 0 amide bonds. The number of hydrogen-bond donors (Lipinski definition) is 2. The van der Waals surface area contributed by atoms with Crippen LogP contribution in [0, 0.1) is 17.0 Å². The molecule has 0 aliphatic rings. The van der Waals surface area contributed by atoms with Crippen LogP contribution in [0.15, 0.2) is 75.9 Å². The summed E-state index contributed by atoms with van der Waals surface area (Å²) in [5, 5.41) is 18.8. The molecule has 0 unspecified atom stereocenters. The molecule has 33 heavy (non-hydrogen) atoms. The van der Waals surface area contributed by atoms with Gasteiger partial charge in [0.05, 0.1) is 16.7 Å². The molecule has 3 aromatic carbocycles. The fourth-order valence-electron chi connectivity index (χ4n) is 3.15. The number of thiocarbonyl (C=S) groups is 1. The number of aryl methyl sites for hydroxylation is 1. The molecule has 10 heteroatoms. The number of fused-ring (bicyclic) bond motifs is 1. The van der Waals surface area contributed by atoms with Crippen molar-refractivity contribution in [1.82, 2.24) is 0 Å². The maximum Gasteiger partial charge on any atom is 0.336 e. The Labute approximate surface area is 197 Å². The van der Waals surface area contributed by atoms with Gasteiger partial charge < -0.3 is 19.8 Å². The van der Waals surface area contributed by atoms with Crippen molar-refractivity contribution in [3.05, 3.63) is 97.9 Å². The van der Waals surface area contributed by atoms with Crippen LogP contribution in [-0.4, -0.2) is 10.0 Å². The molecule has 0 saturated heterocycles. The number of anilines is 2. The molecule has 8 nitrogen and oxygen atoms in total. The zero-order valence-electron chi connectivity index (χ0n) is 17.1. The third-order valence-electron chi connectivity index (χ3n) is 4.62. The molecule has 0 aliphatic carbocycles. The molecule has 166 valence electrons. The van der Waals surface area contributed by atoms with E-state index in [1.165, 1.54) is 18.2 Å². The highest BCUT2D eigenvalue weighted by atomic mass is 35.5. The van der Waals surface area contributed by atoms with Crippen molar-refractivity contribution >= 4 is 57.0 Å². The molecule has 2 N–H and O–H groups in total. The van der Waals surface area contributed by atoms with Crippen molar-refractivity contribution in [2.75, 3.05) is 10.6 Å². The van der Waals surface area contributed by atoms with Crippen LogP contribution in [0.25, 0.3) is 11.0 Å². The van der Waals surface area contributed by atoms with Gasteiger partial charge in [-0.15, -0.1) is 0 Å². The number of nitro groups is 1. The molecule has 0 bridgehead atoms. The summed E-state index contributed by atoms with van der Waals surface area (Å²) >= 11 is 11.2. The van der Waals surface area contributed by atoms with Crippen molar-refractivity contribution in [1.29, 1.82) is 0 Å². The Hall–Kier alpha value is -3.95. The lowest BCUT2D eigenvalue weighted by molar-refractivity contribution is -0.384. The first-order valence-electron chi connectivity index (χ1n) is 9.62. The van der Waals surface area contributed by atoms with E-state index in [4.69, 9.17) is 33.0 Å². The minimum Gasteiger partial charge on any atom is -0.457 e. The van der Waals surface area contributed by atoms with Crippen molar-refractivity contribution in [3.8, 4) is 11.5 Å². The quantitative estimate of drug-likeness (QED) is 0.149. The predicted octanol–water partition coefficient (Wildman–Crippen LogP) is 6.26. The molecule has 0 radical (unpaired) electrons. The highest BCUT2D eigenvalue weighted by Gasteiger charge is 2.13. The van der Waals surface area contributed by atoms with Crippen molar-refractivity contribution in [3.63, 3.8) is 0 Å². The fourth-order valence-corrected chi connectivity index (χ4v) is 3.52. The second-order valence-electron chi connectivity index (χ2n) is 7.07. The first kappa shape index (κ1) is 22.3. The van der Waals surface area contributed by atoms with Crippen molar-refractivity contribution < 1.29 is 14.1 Å². The largest absolute Gasteiger partial charge is 0.457 e. The summed E-state index contributed by atoms with van der Waals surface area (Å²) in [5.41, 5.74) is 1.54. The number of halogens is 1. The minimum absolute atomic E-state index is 0.172. The summed E-state index contributed by atoms with van der Waals surface area (Å²) < 4.78 is 11.0. The lowest BCUT2D eigenvalue weighted by Gasteiger charge is -2.13. The SMILES string of the molecule is Cc1cc(=O)oc2cc(NC(=S)Nc3cc(Oc4ccc(Cl)cc4)cc([N+](=O)[O-])c3)ccc12. The van der Waals surface area contributed by atoms with E-state index >= 15 is 0 Å². The first-order chi connectivity index (χ1) is 15.8. The van der Waals surface area contributed by atoms with Gasteiger partial charge in [0.2, 0.25) is 0 Å². The molecule has 1 heterocycles. The average Bonchev–Trinajstić information content (AvgIpc) is 2.74. The number of benzene rings is 3. The fraction of sp³-hybridized carbons (Fsp3) is 0.0435. The third kappa shape index (κ3) is 5.46. The molecule has 0 fully saturated rings. The standard InChI is InChI=1S/C23H16ClN3O5S/c1-13-8-22(28)32-21-11-15(4-7-20(13)21)25-23(33)26-16-9-17(27(29)30)12-19(10-16)31-18-5-2-14(24)3-6-18/h2-12H,1H3,(H2,25,26,33). The molecule has 0 saturated carbocycles. The summed E-state index contributed by atoms with van der Waals surface area (Å²) in [5.74, 6) is 0.722. The molecular formula is C23H16ClN3O5S. The molecule has 0 aliphatic heterocycles. The van der Waals surface area contributed by atoms with Gasteiger partial charge in [-0.2, -0.15) is 0 Å². The summed E-state index contributed by atoms with van der Waals surface area (Å²) in [6.45, 7) is 1.82. The first-order valence-corrected chi connectivity index (χ1v) is 10.4. The second-order valence-corrected chi connectivity index (χ2v) is 7.91. The Morgan fingerprint density at radius 2 is 1.73 bits per heavy atom. The maximum absolute atomic E-state index is 11.6. The van der Waals surface area contributed by atoms with Gasteiger partial charge in [0.1, 0.15) is 17.1 Å². The van der Waals surface area contributed by atoms with E-state index in [0.717, 1.165) is 10.9 Å². The van der Waals surface area contributed by atoms with E-state index in [2.05, 4.69) is 10.6 Å². The smallest absolute Gasteiger partial charge is 0.336 e. The van der Waals surface area contributed by atoms with E-state index < -0.39 is 10.5 Å². The molecule has 4 rings (SSSR count). The Bertz CT molecular complexity index is 1440. The van der Waals surface area contributed by atoms with Gasteiger partial charge in [-0.25, -0.2) is 4.79 Å². The Morgan fingerprint density at radius 3 is 2.45 bits per heavy atom. The lowest BCUT2D eigenvalue weighted by Crippen LogP contribution is -2.19. The zero-order valence-corrected chi connectivity index (χ0v) is 18.7. The Balaban J connectivity index is 1.55. The molecule has 1 aromatic heterocycles. The van der Waals surface area contributed by atoms with Crippen LogP contribution >= 0.6 is 23.8 Å². The summed E-state index contributed by atoms with van der Waals surface area (Å²) in [7, 11) is 0. The number of non-ortho nitro benzene ring substituents is 1. The number of nitro benzene ring substituents is 1. The minimum atomic E-state index is -0.524. The van der Waals surface area contributed by atoms with Crippen LogP contribution in [-0.2, 0) is 0 Å². The number of hydrogen-bond acceptors (Lipinski definition) is 6. The second kappa shape index (κ2) is 9.27. The summed E-state index contributed by atoms with van der Waals surface area (Å²) in [6.07, 6.45) is 0. The number of nitrogens with zero attached hydrogens (tertiary/aromatic N) is 1. The monoisotopic (exact) mass is 481 g/mol. The average molecular weight is 482 g/mol. The molecular weight excluding hydrogens is 466 g/mol. The van der Waals surface area contributed by atoms with Crippen LogP contribution in [0.3, 0.4) is 0 Å².